The van der Waals surface area contributed by atoms with Gasteiger partial charge < -0.3 is 49.6 Å². The monoisotopic (exact) mass is 818 g/mol. The van der Waals surface area contributed by atoms with Gasteiger partial charge in [-0.05, 0) is 46.4 Å². The number of methoxy groups -OCH3 is 1. The minimum absolute atomic E-state index is 0.0524. The third-order valence-corrected chi connectivity index (χ3v) is 12.6. The van der Waals surface area contributed by atoms with Crippen LogP contribution < -0.4 is 20.8 Å². The number of likely N-dealkylation sites (tertiary alicyclic amines) is 1. The lowest BCUT2D eigenvalue weighted by atomic mass is 9.78. The number of rotatable bonds is 2. The van der Waals surface area contributed by atoms with Crippen LogP contribution in [0.25, 0.3) is 10.8 Å². The standard InChI is InChI=1S/C44H58N4O11/c1-21-13-11-14-22(2)42(55)45-34-33-32(46-44(47-33)16-12-18-48(9)19-17-44)29-30(38(34)53)37(52)26(6)40-31(29)41(54)43(8,59-40)57-20-15-28(56-10)23(3)39(58-27(7)49)25(5)36(51)24(4)35(21)50/h11,13-15,20-21,23-25,28,35-36,39,46,50-53H,12,16-19H2,1-10H3/b13-11+,20-15+,22-14-,45-34?/t21-,23+,24+,25+,28-,35-,36+,39+,43-,44+/m0/s1. The fraction of sp³-hybridized carbons (Fsp3) is 0.568. The maximum absolute atomic E-state index is 14.7. The fourth-order valence-corrected chi connectivity index (χ4v) is 8.87. The molecule has 320 valence electrons. The largest absolute Gasteiger partial charge is 0.507 e. The second kappa shape index (κ2) is 16.7. The number of Topliss-reactive ketones (excluding diaryl/α,β-unsaturated/α-hetero) is 1. The van der Waals surface area contributed by atoms with Crippen LogP contribution >= 0.6 is 0 Å². The van der Waals surface area contributed by atoms with E-state index in [0.717, 1.165) is 13.0 Å². The molecule has 10 atom stereocenters. The number of phenolic OH excluding ortho intramolecular Hbond substituents is 2. The minimum atomic E-state index is -1.95. The molecule has 15 nitrogen and oxygen atoms in total. The first-order chi connectivity index (χ1) is 27.8. The number of anilines is 1. The molecule has 4 bridgehead atoms. The van der Waals surface area contributed by atoms with Gasteiger partial charge in [-0.15, -0.1) is 0 Å². The zero-order chi connectivity index (χ0) is 43.3. The highest BCUT2D eigenvalue weighted by Crippen LogP contribution is 2.51. The fourth-order valence-electron chi connectivity index (χ4n) is 8.87. The molecule has 1 saturated heterocycles. The summed E-state index contributed by atoms with van der Waals surface area (Å²) in [5.41, 5.74) is -0.120. The van der Waals surface area contributed by atoms with Crippen LogP contribution in [0.1, 0.15) is 83.7 Å². The third-order valence-electron chi connectivity index (χ3n) is 12.6. The van der Waals surface area contributed by atoms with Crippen LogP contribution in [0.4, 0.5) is 5.69 Å². The Labute approximate surface area is 344 Å². The summed E-state index contributed by atoms with van der Waals surface area (Å²) in [6.07, 6.45) is 5.87. The van der Waals surface area contributed by atoms with Crippen molar-refractivity contribution < 1.29 is 53.8 Å². The molecular formula is C44H58N4O11. The number of amides is 1. The molecule has 6 rings (SSSR count). The first-order valence-electron chi connectivity index (χ1n) is 20.3. The maximum Gasteiger partial charge on any atom is 0.312 e. The number of ether oxygens (including phenoxy) is 4. The number of aromatic hydroxyl groups is 2. The van der Waals surface area contributed by atoms with Crippen molar-refractivity contribution in [3.05, 3.63) is 58.0 Å². The molecule has 2 aromatic carbocycles. The summed E-state index contributed by atoms with van der Waals surface area (Å²) >= 11 is 0. The van der Waals surface area contributed by atoms with E-state index in [2.05, 4.69) is 15.2 Å². The molecule has 1 spiro atoms. The number of hydrogen-bond acceptors (Lipinski definition) is 14. The number of nitrogens with one attached hydrogen (secondary N) is 1. The molecule has 0 aromatic heterocycles. The van der Waals surface area contributed by atoms with Crippen molar-refractivity contribution >= 4 is 34.1 Å². The van der Waals surface area contributed by atoms with Crippen molar-refractivity contribution in [3.8, 4) is 17.2 Å². The Morgan fingerprint density at radius 3 is 2.36 bits per heavy atom. The van der Waals surface area contributed by atoms with Gasteiger partial charge in [0, 0.05) is 74.1 Å². The topological polar surface area (TPSA) is 209 Å². The van der Waals surface area contributed by atoms with Crippen molar-refractivity contribution in [1.82, 2.24) is 4.90 Å². The summed E-state index contributed by atoms with van der Waals surface area (Å²) in [7, 11) is 3.49. The number of carbonyl (C=O) groups excluding carboxylic acids is 3. The number of benzene rings is 2. The molecule has 0 aliphatic carbocycles. The molecule has 5 N–H and O–H groups in total. The lowest BCUT2D eigenvalue weighted by Crippen LogP contribution is -2.46. The Hall–Kier alpha value is -4.83. The minimum Gasteiger partial charge on any atom is -0.507 e. The molecular weight excluding hydrogens is 761 g/mol. The summed E-state index contributed by atoms with van der Waals surface area (Å²) in [4.78, 5) is 52.6. The van der Waals surface area contributed by atoms with Gasteiger partial charge in [0.1, 0.15) is 34.0 Å². The molecule has 59 heavy (non-hydrogen) atoms. The first-order valence-corrected chi connectivity index (χ1v) is 20.3. The van der Waals surface area contributed by atoms with E-state index in [0.29, 0.717) is 25.1 Å². The van der Waals surface area contributed by atoms with E-state index in [4.69, 9.17) is 23.9 Å². The zero-order valence-corrected chi connectivity index (χ0v) is 35.5. The van der Waals surface area contributed by atoms with E-state index in [9.17, 15) is 34.8 Å². The predicted molar refractivity (Wildman–Crippen MR) is 219 cm³/mol. The van der Waals surface area contributed by atoms with E-state index < -0.39 is 82.9 Å². The van der Waals surface area contributed by atoms with Gasteiger partial charge in [-0.2, -0.15) is 0 Å². The molecule has 1 amide bonds. The summed E-state index contributed by atoms with van der Waals surface area (Å²) in [5.74, 6) is -7.03. The van der Waals surface area contributed by atoms with E-state index in [1.807, 2.05) is 7.05 Å². The van der Waals surface area contributed by atoms with E-state index in [1.165, 1.54) is 33.3 Å². The lowest BCUT2D eigenvalue weighted by Gasteiger charge is -2.38. The SMILES string of the molecule is CO[C@H]1/C=C/O[C@@]2(C)Oc3c(C)c(O)c4c(O)c(c5c(c4c3C2=O)N[C@]2(CCCN(C)CC2)N=5)=NC(=O)/C(C)=C\C=C\[C@H](C)[C@H](O)[C@@H](C)[C@@H](O)[C@@H](C)[C@H](OC(C)=O)[C@@H]1C. The lowest BCUT2D eigenvalue weighted by molar-refractivity contribution is -0.160. The van der Waals surface area contributed by atoms with Crippen LogP contribution in [0.15, 0.2) is 46.1 Å². The van der Waals surface area contributed by atoms with Gasteiger partial charge in [0.2, 0.25) is 0 Å². The second-order valence-electron chi connectivity index (χ2n) is 16.9. The molecule has 0 radical (unpaired) electrons. The van der Waals surface area contributed by atoms with Gasteiger partial charge in [-0.1, -0.05) is 45.9 Å². The van der Waals surface area contributed by atoms with E-state index in [1.54, 1.807) is 59.8 Å². The van der Waals surface area contributed by atoms with Crippen LogP contribution in [0.2, 0.25) is 0 Å². The predicted octanol–water partition coefficient (Wildman–Crippen LogP) is 4.11. The van der Waals surface area contributed by atoms with E-state index in [-0.39, 0.29) is 49.7 Å². The van der Waals surface area contributed by atoms with Crippen molar-refractivity contribution in [3.63, 3.8) is 0 Å². The van der Waals surface area contributed by atoms with Crippen LogP contribution in [0.3, 0.4) is 0 Å². The van der Waals surface area contributed by atoms with Crippen molar-refractivity contribution in [1.29, 1.82) is 0 Å². The van der Waals surface area contributed by atoms with Gasteiger partial charge in [0.05, 0.1) is 41.2 Å². The second-order valence-corrected chi connectivity index (χ2v) is 16.9. The highest BCUT2D eigenvalue weighted by Gasteiger charge is 2.50. The highest BCUT2D eigenvalue weighted by atomic mass is 16.7. The Balaban J connectivity index is 1.57. The summed E-state index contributed by atoms with van der Waals surface area (Å²) < 4.78 is 23.9. The van der Waals surface area contributed by atoms with Gasteiger partial charge in [0.25, 0.3) is 11.7 Å². The number of phenols is 2. The van der Waals surface area contributed by atoms with E-state index >= 15 is 0 Å². The third kappa shape index (κ3) is 7.97. The Kier molecular flexibility index (Phi) is 12.4. The molecule has 0 unspecified atom stereocenters. The van der Waals surface area contributed by atoms with Gasteiger partial charge in [-0.25, -0.2) is 4.99 Å². The smallest absolute Gasteiger partial charge is 0.312 e. The first kappa shape index (κ1) is 43.7. The number of carbonyl (C=O) groups is 3. The molecule has 1 fully saturated rings. The van der Waals surface area contributed by atoms with Crippen molar-refractivity contribution in [2.45, 2.75) is 111 Å². The molecule has 4 heterocycles. The average Bonchev–Trinajstić information content (AvgIpc) is 3.63. The highest BCUT2D eigenvalue weighted by molar-refractivity contribution is 6.21. The number of fused-ring (bicyclic) bond motifs is 1. The quantitative estimate of drug-likeness (QED) is 0.214. The zero-order valence-electron chi connectivity index (χ0n) is 35.5. The molecule has 4 aliphatic heterocycles. The van der Waals surface area contributed by atoms with Gasteiger partial charge in [0.15, 0.2) is 5.75 Å². The summed E-state index contributed by atoms with van der Waals surface area (Å²) in [6.45, 7) is 14.4. The maximum atomic E-state index is 14.7. The molecule has 0 saturated carbocycles. The van der Waals surface area contributed by atoms with Crippen LogP contribution in [0, 0.1) is 30.6 Å². The Morgan fingerprint density at radius 1 is 0.966 bits per heavy atom. The van der Waals surface area contributed by atoms with Crippen molar-refractivity contribution in [2.24, 2.45) is 33.7 Å². The number of aliphatic hydroxyl groups is 2. The molecule has 2 aromatic rings. The summed E-state index contributed by atoms with van der Waals surface area (Å²) in [5, 5.41) is 50.4. The van der Waals surface area contributed by atoms with Crippen LogP contribution in [0.5, 0.6) is 17.2 Å². The summed E-state index contributed by atoms with van der Waals surface area (Å²) in [6, 6.07) is 0. The number of esters is 1. The van der Waals surface area contributed by atoms with Crippen LogP contribution in [-0.2, 0) is 23.8 Å². The van der Waals surface area contributed by atoms with Gasteiger partial charge >= 0.3 is 11.8 Å². The Bertz CT molecular complexity index is 2250. The molecule has 15 heteroatoms. The molecule has 4 aliphatic rings. The normalized spacial score (nSPS) is 35.1. The Morgan fingerprint density at radius 2 is 1.68 bits per heavy atom. The number of hydrogen-bond donors (Lipinski definition) is 5. The number of aliphatic hydroxyl groups excluding tert-OH is 2. The number of allylic oxidation sites excluding steroid dienone is 2. The van der Waals surface area contributed by atoms with Crippen molar-refractivity contribution in [2.75, 3.05) is 32.6 Å². The average molecular weight is 819 g/mol. The van der Waals surface area contributed by atoms with Gasteiger partial charge in [-0.3, -0.25) is 19.4 Å². The van der Waals surface area contributed by atoms with Crippen LogP contribution in [-0.4, -0.2) is 106 Å². The number of nitrogens with zero attached hydrogens (tertiary/aromatic N) is 3. The number of ketones is 1.